The van der Waals surface area contributed by atoms with E-state index < -0.39 is 0 Å². The monoisotopic (exact) mass is 441 g/mol. The zero-order chi connectivity index (χ0) is 17.2. The van der Waals surface area contributed by atoms with Crippen LogP contribution in [0.3, 0.4) is 0 Å². The molecule has 6 heteroatoms. The molecular formula is C19H12IN3O2. The van der Waals surface area contributed by atoms with E-state index in [-0.39, 0.29) is 5.75 Å². The Labute approximate surface area is 157 Å². The number of rotatable bonds is 3. The van der Waals surface area contributed by atoms with Gasteiger partial charge in [0.2, 0.25) is 5.89 Å². The molecule has 4 rings (SSSR count). The summed E-state index contributed by atoms with van der Waals surface area (Å²) >= 11 is 2.09. The van der Waals surface area contributed by atoms with Gasteiger partial charge in [0, 0.05) is 29.7 Å². The summed E-state index contributed by atoms with van der Waals surface area (Å²) in [7, 11) is 0. The number of aromatic hydroxyl groups is 1. The van der Waals surface area contributed by atoms with E-state index in [4.69, 9.17) is 4.42 Å². The molecule has 0 atom stereocenters. The van der Waals surface area contributed by atoms with E-state index in [0.717, 1.165) is 20.3 Å². The molecule has 0 aliphatic heterocycles. The Morgan fingerprint density at radius 1 is 1.08 bits per heavy atom. The number of phenols is 1. The smallest absolute Gasteiger partial charge is 0.227 e. The van der Waals surface area contributed by atoms with Crippen LogP contribution in [0, 0.1) is 3.57 Å². The molecule has 4 aromatic rings. The third kappa shape index (κ3) is 3.25. The SMILES string of the molecule is Oc1c(I)cccc1C=Nc1ccc2oc(-c3ccncc3)nc2c1. The number of hydrogen-bond donors (Lipinski definition) is 1. The Morgan fingerprint density at radius 2 is 1.92 bits per heavy atom. The van der Waals surface area contributed by atoms with E-state index in [1.54, 1.807) is 18.6 Å². The van der Waals surface area contributed by atoms with Crippen LogP contribution in [0.25, 0.3) is 22.6 Å². The number of oxazole rings is 1. The van der Waals surface area contributed by atoms with Crippen molar-refractivity contribution in [2.75, 3.05) is 0 Å². The third-order valence-electron chi connectivity index (χ3n) is 3.67. The molecule has 0 fully saturated rings. The second-order valence-electron chi connectivity index (χ2n) is 5.34. The molecule has 1 N–H and O–H groups in total. The summed E-state index contributed by atoms with van der Waals surface area (Å²) < 4.78 is 6.56. The van der Waals surface area contributed by atoms with Crippen LogP contribution in [0.1, 0.15) is 5.56 Å². The van der Waals surface area contributed by atoms with Crippen LogP contribution in [0.2, 0.25) is 0 Å². The highest BCUT2D eigenvalue weighted by Crippen LogP contribution is 2.27. The summed E-state index contributed by atoms with van der Waals surface area (Å²) in [5, 5.41) is 10.0. The zero-order valence-corrected chi connectivity index (χ0v) is 15.1. The Kier molecular flexibility index (Phi) is 4.19. The fourth-order valence-electron chi connectivity index (χ4n) is 2.39. The lowest BCUT2D eigenvalue weighted by Gasteiger charge is -2.00. The minimum atomic E-state index is 0.231. The summed E-state index contributed by atoms with van der Waals surface area (Å²) in [4.78, 5) is 12.9. The maximum absolute atomic E-state index is 10.0. The van der Waals surface area contributed by atoms with Gasteiger partial charge in [0.05, 0.1) is 9.26 Å². The van der Waals surface area contributed by atoms with Gasteiger partial charge in [-0.1, -0.05) is 6.07 Å². The molecule has 0 aliphatic rings. The summed E-state index contributed by atoms with van der Waals surface area (Å²) in [5.74, 6) is 0.781. The first kappa shape index (κ1) is 15.8. The highest BCUT2D eigenvalue weighted by Gasteiger charge is 2.08. The minimum absolute atomic E-state index is 0.231. The normalized spacial score (nSPS) is 11.4. The number of pyridine rings is 1. The Morgan fingerprint density at radius 3 is 2.76 bits per heavy atom. The highest BCUT2D eigenvalue weighted by molar-refractivity contribution is 14.1. The fourth-order valence-corrected chi connectivity index (χ4v) is 2.91. The van der Waals surface area contributed by atoms with Crippen LogP contribution in [0.15, 0.2) is 70.3 Å². The molecule has 0 spiro atoms. The van der Waals surface area contributed by atoms with E-state index >= 15 is 0 Å². The maximum atomic E-state index is 10.0. The summed E-state index contributed by atoms with van der Waals surface area (Å²) in [6.07, 6.45) is 5.05. The Bertz CT molecular complexity index is 1070. The number of nitrogens with zero attached hydrogens (tertiary/aromatic N) is 3. The van der Waals surface area contributed by atoms with Gasteiger partial charge in [0.25, 0.3) is 0 Å². The van der Waals surface area contributed by atoms with Crippen molar-refractivity contribution < 1.29 is 9.52 Å². The topological polar surface area (TPSA) is 71.5 Å². The molecule has 0 amide bonds. The molecule has 5 nitrogen and oxygen atoms in total. The molecular weight excluding hydrogens is 429 g/mol. The highest BCUT2D eigenvalue weighted by atomic mass is 127. The fraction of sp³-hybridized carbons (Fsp3) is 0. The van der Waals surface area contributed by atoms with Crippen molar-refractivity contribution in [1.82, 2.24) is 9.97 Å². The van der Waals surface area contributed by atoms with Crippen LogP contribution < -0.4 is 0 Å². The number of fused-ring (bicyclic) bond motifs is 1. The van der Waals surface area contributed by atoms with Crippen molar-refractivity contribution in [3.05, 3.63) is 70.1 Å². The number of para-hydroxylation sites is 1. The van der Waals surface area contributed by atoms with Crippen LogP contribution in [-0.4, -0.2) is 21.3 Å². The van der Waals surface area contributed by atoms with Crippen molar-refractivity contribution in [2.45, 2.75) is 0 Å². The molecule has 0 aliphatic carbocycles. The van der Waals surface area contributed by atoms with Crippen molar-refractivity contribution in [2.24, 2.45) is 4.99 Å². The molecule has 2 aromatic carbocycles. The first-order chi connectivity index (χ1) is 12.2. The van der Waals surface area contributed by atoms with Gasteiger partial charge in [0.1, 0.15) is 11.3 Å². The molecule has 0 unspecified atom stereocenters. The number of halogens is 1. The van der Waals surface area contributed by atoms with Gasteiger partial charge in [-0.2, -0.15) is 0 Å². The molecule has 0 saturated heterocycles. The minimum Gasteiger partial charge on any atom is -0.506 e. The maximum Gasteiger partial charge on any atom is 0.227 e. The molecule has 2 aromatic heterocycles. The largest absolute Gasteiger partial charge is 0.506 e. The van der Waals surface area contributed by atoms with Gasteiger partial charge in [0.15, 0.2) is 5.58 Å². The van der Waals surface area contributed by atoms with Crippen molar-refractivity contribution >= 4 is 45.6 Å². The summed E-state index contributed by atoms with van der Waals surface area (Å²) in [6, 6.07) is 14.8. The third-order valence-corrected chi connectivity index (χ3v) is 4.54. The second kappa shape index (κ2) is 6.64. The van der Waals surface area contributed by atoms with E-state index in [1.165, 1.54) is 0 Å². The van der Waals surface area contributed by atoms with E-state index in [1.807, 2.05) is 48.5 Å². The summed E-state index contributed by atoms with van der Waals surface area (Å²) in [6.45, 7) is 0. The number of aliphatic imine (C=N–C) groups is 1. The summed E-state index contributed by atoms with van der Waals surface area (Å²) in [5.41, 5.74) is 3.71. The second-order valence-corrected chi connectivity index (χ2v) is 6.50. The molecule has 0 radical (unpaired) electrons. The Balaban J connectivity index is 1.67. The molecule has 2 heterocycles. The van der Waals surface area contributed by atoms with Crippen LogP contribution in [-0.2, 0) is 0 Å². The lowest BCUT2D eigenvalue weighted by atomic mass is 10.2. The van der Waals surface area contributed by atoms with Gasteiger partial charge >= 0.3 is 0 Å². The van der Waals surface area contributed by atoms with Gasteiger partial charge < -0.3 is 9.52 Å². The molecule has 0 saturated carbocycles. The average Bonchev–Trinajstić information content (AvgIpc) is 3.07. The first-order valence-electron chi connectivity index (χ1n) is 7.53. The van der Waals surface area contributed by atoms with Crippen LogP contribution in [0.4, 0.5) is 5.69 Å². The quantitative estimate of drug-likeness (QED) is 0.361. The van der Waals surface area contributed by atoms with Crippen molar-refractivity contribution in [3.63, 3.8) is 0 Å². The van der Waals surface area contributed by atoms with Crippen molar-refractivity contribution in [3.8, 4) is 17.2 Å². The van der Waals surface area contributed by atoms with E-state index in [0.29, 0.717) is 17.0 Å². The zero-order valence-electron chi connectivity index (χ0n) is 12.9. The molecule has 25 heavy (non-hydrogen) atoms. The average molecular weight is 441 g/mol. The lowest BCUT2D eigenvalue weighted by molar-refractivity contribution is 0.470. The predicted octanol–water partition coefficient (Wildman–Crippen LogP) is 4.95. The van der Waals surface area contributed by atoms with Gasteiger partial charge in [-0.05, 0) is 65.1 Å². The number of benzene rings is 2. The molecule has 122 valence electrons. The van der Waals surface area contributed by atoms with E-state index in [9.17, 15) is 5.11 Å². The van der Waals surface area contributed by atoms with Gasteiger partial charge in [-0.3, -0.25) is 9.98 Å². The molecule has 0 bridgehead atoms. The number of aromatic nitrogens is 2. The first-order valence-corrected chi connectivity index (χ1v) is 8.61. The van der Waals surface area contributed by atoms with Crippen molar-refractivity contribution in [1.29, 1.82) is 0 Å². The van der Waals surface area contributed by atoms with E-state index in [2.05, 4.69) is 37.6 Å². The van der Waals surface area contributed by atoms with Gasteiger partial charge in [-0.15, -0.1) is 0 Å². The van der Waals surface area contributed by atoms with Gasteiger partial charge in [-0.25, -0.2) is 4.98 Å². The number of phenolic OH excluding ortho intramolecular Hbond substituents is 1. The standard InChI is InChI=1S/C19H12IN3O2/c20-15-3-1-2-13(18(15)24)11-22-14-4-5-17-16(10-14)23-19(25-17)12-6-8-21-9-7-12/h1-11,24H. The predicted molar refractivity (Wildman–Crippen MR) is 105 cm³/mol. The lowest BCUT2D eigenvalue weighted by Crippen LogP contribution is -1.84. The van der Waals surface area contributed by atoms with Crippen LogP contribution in [0.5, 0.6) is 5.75 Å². The Hall–Kier alpha value is -2.74. The van der Waals surface area contributed by atoms with Crippen LogP contribution >= 0.6 is 22.6 Å². The number of hydrogen-bond acceptors (Lipinski definition) is 5.